The summed E-state index contributed by atoms with van der Waals surface area (Å²) in [6, 6.07) is 0. The molecule has 1 aliphatic rings. The Hall–Kier alpha value is -1.70. The quantitative estimate of drug-likeness (QED) is 0.663. The summed E-state index contributed by atoms with van der Waals surface area (Å²) < 4.78 is 16.5. The van der Waals surface area contributed by atoms with Crippen molar-refractivity contribution in [3.63, 3.8) is 0 Å². The summed E-state index contributed by atoms with van der Waals surface area (Å²) in [5.74, 6) is 3.51. The molecule has 108 valence electrons. The largest absolute Gasteiger partial charge is 0.501 e. The van der Waals surface area contributed by atoms with E-state index in [9.17, 15) is 0 Å². The summed E-state index contributed by atoms with van der Waals surface area (Å²) in [5, 5.41) is 0. The molecule has 1 aliphatic heterocycles. The van der Waals surface area contributed by atoms with Gasteiger partial charge in [0.05, 0.1) is 30.7 Å². The van der Waals surface area contributed by atoms with E-state index in [2.05, 4.69) is 10.9 Å². The Morgan fingerprint density at radius 3 is 3.10 bits per heavy atom. The fourth-order valence-electron chi connectivity index (χ4n) is 2.17. The van der Waals surface area contributed by atoms with Crippen molar-refractivity contribution < 1.29 is 14.2 Å². The van der Waals surface area contributed by atoms with Crippen molar-refractivity contribution in [3.05, 3.63) is 28.8 Å². The van der Waals surface area contributed by atoms with Gasteiger partial charge >= 0.3 is 0 Å². The van der Waals surface area contributed by atoms with E-state index >= 15 is 0 Å². The first-order valence-corrected chi connectivity index (χ1v) is 6.87. The molecular weight excluding hydrogens is 254 g/mol. The van der Waals surface area contributed by atoms with Gasteiger partial charge in [-0.3, -0.25) is 0 Å². The minimum Gasteiger partial charge on any atom is -0.501 e. The summed E-state index contributed by atoms with van der Waals surface area (Å²) in [4.78, 5) is 3.16. The second-order valence-corrected chi connectivity index (χ2v) is 4.81. The summed E-state index contributed by atoms with van der Waals surface area (Å²) in [5.41, 5.74) is 2.66. The fourth-order valence-corrected chi connectivity index (χ4v) is 2.17. The van der Waals surface area contributed by atoms with Gasteiger partial charge in [0.15, 0.2) is 6.29 Å². The molecule has 0 spiro atoms. The van der Waals surface area contributed by atoms with Crippen molar-refractivity contribution in [1.29, 1.82) is 0 Å². The van der Waals surface area contributed by atoms with Crippen LogP contribution >= 0.6 is 0 Å². The molecule has 20 heavy (non-hydrogen) atoms. The molecule has 1 saturated heterocycles. The zero-order valence-corrected chi connectivity index (χ0v) is 12.1. The number of H-pyrrole nitrogens is 1. The van der Waals surface area contributed by atoms with E-state index in [0.717, 1.165) is 48.4 Å². The van der Waals surface area contributed by atoms with Gasteiger partial charge in [0.1, 0.15) is 0 Å². The maximum Gasteiger partial charge on any atom is 0.158 e. The third-order valence-electron chi connectivity index (χ3n) is 3.37. The number of aromatic amines is 1. The number of methoxy groups -OCH3 is 1. The maximum atomic E-state index is 5.77. The highest BCUT2D eigenvalue weighted by atomic mass is 16.7. The molecule has 1 fully saturated rings. The number of ether oxygens (including phenoxy) is 3. The van der Waals surface area contributed by atoms with Crippen molar-refractivity contribution in [2.24, 2.45) is 0 Å². The molecule has 0 bridgehead atoms. The van der Waals surface area contributed by atoms with Crippen LogP contribution in [0.15, 0.2) is 12.0 Å². The van der Waals surface area contributed by atoms with Gasteiger partial charge in [0, 0.05) is 24.4 Å². The SMILES string of the molecule is C#Cc1c(COC2CCCCO2)c[nH]c1C=C(C)OC. The molecule has 2 rings (SSSR count). The van der Waals surface area contributed by atoms with Gasteiger partial charge in [-0.2, -0.15) is 0 Å². The van der Waals surface area contributed by atoms with E-state index < -0.39 is 0 Å². The summed E-state index contributed by atoms with van der Waals surface area (Å²) in [7, 11) is 1.63. The van der Waals surface area contributed by atoms with Crippen molar-refractivity contribution in [2.75, 3.05) is 13.7 Å². The molecule has 4 heteroatoms. The zero-order valence-electron chi connectivity index (χ0n) is 12.1. The van der Waals surface area contributed by atoms with E-state index in [4.69, 9.17) is 20.6 Å². The summed E-state index contributed by atoms with van der Waals surface area (Å²) >= 11 is 0. The second-order valence-electron chi connectivity index (χ2n) is 4.81. The number of terminal acetylenes is 1. The van der Waals surface area contributed by atoms with E-state index in [1.54, 1.807) is 7.11 Å². The van der Waals surface area contributed by atoms with Gasteiger partial charge in [-0.05, 0) is 26.2 Å². The molecule has 2 heterocycles. The Balaban J connectivity index is 2.03. The fraction of sp³-hybridized carbons (Fsp3) is 0.500. The molecular formula is C16H21NO3. The number of hydrogen-bond acceptors (Lipinski definition) is 3. The topological polar surface area (TPSA) is 43.5 Å². The third-order valence-corrected chi connectivity index (χ3v) is 3.37. The molecule has 0 amide bonds. The van der Waals surface area contributed by atoms with Gasteiger partial charge < -0.3 is 19.2 Å². The van der Waals surface area contributed by atoms with Crippen LogP contribution in [0, 0.1) is 12.3 Å². The monoisotopic (exact) mass is 275 g/mol. The number of hydrogen-bond donors (Lipinski definition) is 1. The highest BCUT2D eigenvalue weighted by molar-refractivity contribution is 5.59. The number of nitrogens with one attached hydrogen (secondary N) is 1. The third kappa shape index (κ3) is 3.66. The van der Waals surface area contributed by atoms with Crippen LogP contribution in [-0.4, -0.2) is 25.0 Å². The van der Waals surface area contributed by atoms with Gasteiger partial charge in [-0.25, -0.2) is 0 Å². The van der Waals surface area contributed by atoms with Crippen LogP contribution in [0.3, 0.4) is 0 Å². The molecule has 0 saturated carbocycles. The first-order chi connectivity index (χ1) is 9.74. The smallest absolute Gasteiger partial charge is 0.158 e. The molecule has 0 radical (unpaired) electrons. The lowest BCUT2D eigenvalue weighted by molar-refractivity contribution is -0.168. The predicted octanol–water partition coefficient (Wildman–Crippen LogP) is 3.05. The van der Waals surface area contributed by atoms with Gasteiger partial charge in [0.2, 0.25) is 0 Å². The lowest BCUT2D eigenvalue weighted by Crippen LogP contribution is -2.22. The van der Waals surface area contributed by atoms with Crippen molar-refractivity contribution in [1.82, 2.24) is 4.98 Å². The maximum absolute atomic E-state index is 5.77. The normalized spacial score (nSPS) is 19.6. The van der Waals surface area contributed by atoms with E-state index in [1.807, 2.05) is 19.2 Å². The highest BCUT2D eigenvalue weighted by Crippen LogP contribution is 2.20. The van der Waals surface area contributed by atoms with Gasteiger partial charge in [-0.15, -0.1) is 6.42 Å². The van der Waals surface area contributed by atoms with Crippen LogP contribution < -0.4 is 0 Å². The van der Waals surface area contributed by atoms with Crippen molar-refractivity contribution in [3.8, 4) is 12.3 Å². The summed E-state index contributed by atoms with van der Waals surface area (Å²) in [6.07, 6.45) is 12.5. The number of rotatable bonds is 5. The molecule has 1 atom stereocenters. The summed E-state index contributed by atoms with van der Waals surface area (Å²) in [6.45, 7) is 3.12. The lowest BCUT2D eigenvalue weighted by atomic mass is 10.1. The molecule has 4 nitrogen and oxygen atoms in total. The van der Waals surface area contributed by atoms with Crippen molar-refractivity contribution in [2.45, 2.75) is 39.1 Å². The van der Waals surface area contributed by atoms with Crippen LogP contribution in [0.25, 0.3) is 6.08 Å². The van der Waals surface area contributed by atoms with E-state index in [0.29, 0.717) is 6.61 Å². The predicted molar refractivity (Wildman–Crippen MR) is 77.8 cm³/mol. The second kappa shape index (κ2) is 7.18. The van der Waals surface area contributed by atoms with Crippen LogP contribution in [0.1, 0.15) is 43.0 Å². The highest BCUT2D eigenvalue weighted by Gasteiger charge is 2.16. The zero-order chi connectivity index (χ0) is 14.4. The van der Waals surface area contributed by atoms with Crippen LogP contribution in [0.2, 0.25) is 0 Å². The Morgan fingerprint density at radius 2 is 2.45 bits per heavy atom. The number of aromatic nitrogens is 1. The van der Waals surface area contributed by atoms with Crippen LogP contribution in [-0.2, 0) is 20.8 Å². The Bertz CT molecular complexity index is 504. The molecule has 1 unspecified atom stereocenters. The first kappa shape index (κ1) is 14.7. The van der Waals surface area contributed by atoms with Crippen molar-refractivity contribution >= 4 is 6.08 Å². The van der Waals surface area contributed by atoms with Gasteiger partial charge in [0.25, 0.3) is 0 Å². The standard InChI is InChI=1S/C16H21NO3/c1-4-14-13(10-17-15(14)9-12(2)18-3)11-20-16-7-5-6-8-19-16/h1,9-10,16-17H,5-8,11H2,2-3H3. The average molecular weight is 275 g/mol. The lowest BCUT2D eigenvalue weighted by Gasteiger charge is -2.22. The molecule has 1 N–H and O–H groups in total. The Kier molecular flexibility index (Phi) is 5.28. The molecule has 0 aromatic carbocycles. The van der Waals surface area contributed by atoms with Gasteiger partial charge in [-0.1, -0.05) is 5.92 Å². The van der Waals surface area contributed by atoms with E-state index in [1.165, 1.54) is 0 Å². The molecule has 0 aliphatic carbocycles. The van der Waals surface area contributed by atoms with E-state index in [-0.39, 0.29) is 6.29 Å². The molecule has 1 aromatic rings. The number of allylic oxidation sites excluding steroid dienone is 1. The van der Waals surface area contributed by atoms with Crippen LogP contribution in [0.4, 0.5) is 0 Å². The minimum absolute atomic E-state index is 0.107. The molecule has 1 aromatic heterocycles. The Morgan fingerprint density at radius 1 is 1.60 bits per heavy atom. The van der Waals surface area contributed by atoms with Crippen LogP contribution in [0.5, 0.6) is 0 Å². The average Bonchev–Trinajstić information content (AvgIpc) is 2.87. The minimum atomic E-state index is -0.107. The first-order valence-electron chi connectivity index (χ1n) is 6.87. The Labute approximate surface area is 120 Å².